The van der Waals surface area contributed by atoms with E-state index in [1.165, 1.54) is 6.08 Å². The lowest BCUT2D eigenvalue weighted by Crippen LogP contribution is -2.47. The number of carboxylic acids is 1. The molecule has 1 aromatic heterocycles. The van der Waals surface area contributed by atoms with Crippen molar-refractivity contribution in [2.75, 3.05) is 24.6 Å². The van der Waals surface area contributed by atoms with Gasteiger partial charge in [0.05, 0.1) is 6.54 Å². The van der Waals surface area contributed by atoms with Gasteiger partial charge in [0.2, 0.25) is 5.88 Å². The number of hydrogen-bond donors (Lipinski definition) is 2. The molecule has 31 heavy (non-hydrogen) atoms. The monoisotopic (exact) mass is 426 g/mol. The topological polar surface area (TPSA) is 109 Å². The minimum absolute atomic E-state index is 0.0286. The Bertz CT molecular complexity index is 1140. The van der Waals surface area contributed by atoms with E-state index in [2.05, 4.69) is 31.9 Å². The van der Waals surface area contributed by atoms with Crippen molar-refractivity contribution >= 4 is 30.3 Å². The summed E-state index contributed by atoms with van der Waals surface area (Å²) in [5.74, 6) is -2.86. The summed E-state index contributed by atoms with van der Waals surface area (Å²) in [6.07, 6.45) is 2.49. The van der Waals surface area contributed by atoms with Gasteiger partial charge in [0.15, 0.2) is 0 Å². The molecule has 8 nitrogen and oxygen atoms in total. The van der Waals surface area contributed by atoms with Gasteiger partial charge in [-0.15, -0.1) is 0 Å². The lowest BCUT2D eigenvalue weighted by Gasteiger charge is -2.20. The molecule has 0 fully saturated rings. The quantitative estimate of drug-likeness (QED) is 0.456. The first-order valence-electron chi connectivity index (χ1n) is 9.79. The number of carboxylic acid groups (broad SMARTS) is 1. The Morgan fingerprint density at radius 3 is 2.32 bits per heavy atom. The smallest absolute Gasteiger partial charge is 0.341 e. The molecule has 0 saturated heterocycles. The van der Waals surface area contributed by atoms with Crippen LogP contribution in [0, 0.1) is 0 Å². The fourth-order valence-electron chi connectivity index (χ4n) is 3.19. The molecule has 1 aromatic carbocycles. The van der Waals surface area contributed by atoms with E-state index in [4.69, 9.17) is 4.74 Å². The number of pyridine rings is 1. The van der Waals surface area contributed by atoms with Gasteiger partial charge in [0.1, 0.15) is 12.2 Å². The number of aromatic nitrogens is 1. The summed E-state index contributed by atoms with van der Waals surface area (Å²) < 4.78 is 5.70. The van der Waals surface area contributed by atoms with Crippen LogP contribution in [0.3, 0.4) is 0 Å². The fraction of sp³-hybridized carbons (Fsp3) is 0.261. The van der Waals surface area contributed by atoms with E-state index in [9.17, 15) is 24.6 Å². The Morgan fingerprint density at radius 2 is 1.81 bits per heavy atom. The average Bonchev–Trinajstić information content (AvgIpc) is 2.75. The molecule has 1 heterocycles. The van der Waals surface area contributed by atoms with Gasteiger partial charge < -0.3 is 19.8 Å². The Kier molecular flexibility index (Phi) is 7.79. The summed E-state index contributed by atoms with van der Waals surface area (Å²) in [6, 6.07) is 7.45. The minimum Gasteiger partial charge on any atom is -0.494 e. The highest BCUT2D eigenvalue weighted by atomic mass is 16.5. The zero-order valence-electron chi connectivity index (χ0n) is 17.6. The van der Waals surface area contributed by atoms with Gasteiger partial charge in [-0.3, -0.25) is 9.36 Å². The molecule has 2 rings (SSSR count). The van der Waals surface area contributed by atoms with Crippen molar-refractivity contribution < 1.29 is 24.5 Å². The molecule has 164 valence electrons. The van der Waals surface area contributed by atoms with Crippen LogP contribution in [0.15, 0.2) is 41.7 Å². The maximum Gasteiger partial charge on any atom is 0.341 e. The zero-order chi connectivity index (χ0) is 23.1. The van der Waals surface area contributed by atoms with Crippen LogP contribution in [-0.2, 0) is 16.1 Å². The largest absolute Gasteiger partial charge is 0.494 e. The highest BCUT2D eigenvalue weighted by Crippen LogP contribution is 2.15. The van der Waals surface area contributed by atoms with Gasteiger partial charge in [0, 0.05) is 30.1 Å². The molecule has 0 aliphatic heterocycles. The molecular weight excluding hydrogens is 400 g/mol. The van der Waals surface area contributed by atoms with Crippen molar-refractivity contribution in [1.82, 2.24) is 4.57 Å². The molecule has 0 unspecified atom stereocenters. The van der Waals surface area contributed by atoms with Gasteiger partial charge in [-0.1, -0.05) is 25.3 Å². The second kappa shape index (κ2) is 10.3. The van der Waals surface area contributed by atoms with Gasteiger partial charge in [-0.2, -0.15) is 0 Å². The molecule has 0 saturated carbocycles. The summed E-state index contributed by atoms with van der Waals surface area (Å²) in [6.45, 7) is 12.3. The predicted molar refractivity (Wildman–Crippen MR) is 119 cm³/mol. The second-order valence-corrected chi connectivity index (χ2v) is 6.63. The Morgan fingerprint density at radius 1 is 1.19 bits per heavy atom. The third kappa shape index (κ3) is 5.22. The summed E-state index contributed by atoms with van der Waals surface area (Å²) in [7, 11) is 0. The molecule has 0 atom stereocenters. The molecule has 0 aliphatic carbocycles. The van der Waals surface area contributed by atoms with Crippen molar-refractivity contribution in [2.24, 2.45) is 0 Å². The number of carbonyl (C=O) groups is 2. The van der Waals surface area contributed by atoms with Crippen LogP contribution < -0.4 is 20.9 Å². The maximum absolute atomic E-state index is 13.0. The van der Waals surface area contributed by atoms with E-state index in [1.807, 2.05) is 24.3 Å². The number of aromatic hydroxyl groups is 1. The molecular formula is C23H26N2O6. The molecule has 0 amide bonds. The van der Waals surface area contributed by atoms with Crippen LogP contribution in [-0.4, -0.2) is 46.4 Å². The third-order valence-corrected chi connectivity index (χ3v) is 4.85. The Labute approximate surface area is 179 Å². The number of esters is 1. The number of nitrogens with zero attached hydrogens (tertiary/aromatic N) is 2. The molecule has 0 radical (unpaired) electrons. The predicted octanol–water partition coefficient (Wildman–Crippen LogP) is 1.07. The van der Waals surface area contributed by atoms with Crippen molar-refractivity contribution in [3.05, 3.63) is 68.8 Å². The van der Waals surface area contributed by atoms with Gasteiger partial charge >= 0.3 is 11.9 Å². The number of benzene rings is 1. The Hall–Kier alpha value is -3.81. The number of carbonyl (C=O) groups excluding carboxylic acids is 1. The number of ether oxygens (including phenoxy) is 1. The number of anilines is 1. The first kappa shape index (κ1) is 23.5. The van der Waals surface area contributed by atoms with Crippen LogP contribution in [0.5, 0.6) is 5.88 Å². The highest BCUT2D eigenvalue weighted by Gasteiger charge is 2.19. The Balaban J connectivity index is 2.59. The SMILES string of the molecule is C=CC(=O)OCCn1c(O)c(C(=O)O)c(=C)c(=Cc2ccc(N(CC)CC)cc2)c1=O. The normalized spacial score (nSPS) is 11.2. The van der Waals surface area contributed by atoms with E-state index in [-0.39, 0.29) is 23.6 Å². The van der Waals surface area contributed by atoms with E-state index in [1.54, 1.807) is 0 Å². The standard InChI is InChI=1S/C23H26N2O6/c1-5-19(26)31-13-12-25-21(27)18(15(4)20(22(25)28)23(29)30)14-16-8-10-17(11-9-16)24(6-2)7-3/h5,8-11,14,28H,1,4,6-7,12-13H2,2-3H3,(H,29,30). The van der Waals surface area contributed by atoms with Crippen molar-refractivity contribution in [1.29, 1.82) is 0 Å². The van der Waals surface area contributed by atoms with E-state index < -0.39 is 28.9 Å². The van der Waals surface area contributed by atoms with E-state index >= 15 is 0 Å². The number of hydrogen-bond acceptors (Lipinski definition) is 6. The minimum atomic E-state index is -1.43. The zero-order valence-corrected chi connectivity index (χ0v) is 17.6. The van der Waals surface area contributed by atoms with Crippen molar-refractivity contribution in [3.8, 4) is 5.88 Å². The lowest BCUT2D eigenvalue weighted by atomic mass is 10.1. The second-order valence-electron chi connectivity index (χ2n) is 6.63. The van der Waals surface area contributed by atoms with Crippen molar-refractivity contribution in [2.45, 2.75) is 20.4 Å². The molecule has 0 bridgehead atoms. The van der Waals surface area contributed by atoms with Crippen LogP contribution in [0.25, 0.3) is 12.7 Å². The summed E-state index contributed by atoms with van der Waals surface area (Å²) in [5, 5.41) is 19.8. The third-order valence-electron chi connectivity index (χ3n) is 4.85. The van der Waals surface area contributed by atoms with Crippen LogP contribution in [0.4, 0.5) is 5.69 Å². The summed E-state index contributed by atoms with van der Waals surface area (Å²) >= 11 is 0. The molecule has 0 aliphatic rings. The fourth-order valence-corrected chi connectivity index (χ4v) is 3.19. The highest BCUT2D eigenvalue weighted by molar-refractivity contribution is 5.90. The van der Waals surface area contributed by atoms with E-state index in [0.29, 0.717) is 5.56 Å². The molecule has 2 aromatic rings. The maximum atomic E-state index is 13.0. The molecule has 0 spiro atoms. The van der Waals surface area contributed by atoms with Crippen molar-refractivity contribution in [3.63, 3.8) is 0 Å². The number of rotatable bonds is 9. The van der Waals surface area contributed by atoms with Crippen LogP contribution >= 0.6 is 0 Å². The first-order valence-corrected chi connectivity index (χ1v) is 9.79. The van der Waals surface area contributed by atoms with Gasteiger partial charge in [-0.05, 0) is 42.8 Å². The van der Waals surface area contributed by atoms with Crippen LogP contribution in [0.1, 0.15) is 29.8 Å². The molecule has 8 heteroatoms. The first-order chi connectivity index (χ1) is 14.7. The lowest BCUT2D eigenvalue weighted by molar-refractivity contribution is -0.138. The summed E-state index contributed by atoms with van der Waals surface area (Å²) in [5.41, 5.74) is 0.565. The van der Waals surface area contributed by atoms with Crippen LogP contribution in [0.2, 0.25) is 0 Å². The number of aromatic carboxylic acids is 1. The average molecular weight is 426 g/mol. The van der Waals surface area contributed by atoms with E-state index in [0.717, 1.165) is 29.4 Å². The van der Waals surface area contributed by atoms with Gasteiger partial charge in [0.25, 0.3) is 5.56 Å². The van der Waals surface area contributed by atoms with Gasteiger partial charge in [-0.25, -0.2) is 9.59 Å². The summed E-state index contributed by atoms with van der Waals surface area (Å²) in [4.78, 5) is 38.1. The molecule has 2 N–H and O–H groups in total.